The molecule has 0 amide bonds. The van der Waals surface area contributed by atoms with E-state index in [9.17, 15) is 10.2 Å². The predicted molar refractivity (Wildman–Crippen MR) is 51.3 cm³/mol. The summed E-state index contributed by atoms with van der Waals surface area (Å²) >= 11 is 0. The molecule has 0 radical (unpaired) electrons. The third-order valence-electron chi connectivity index (χ3n) is 4.23. The van der Waals surface area contributed by atoms with E-state index in [0.717, 1.165) is 32.1 Å². The van der Waals surface area contributed by atoms with Crippen molar-refractivity contribution >= 4 is 0 Å². The van der Waals surface area contributed by atoms with Gasteiger partial charge in [-0.25, -0.2) is 0 Å². The molecule has 0 heterocycles. The van der Waals surface area contributed by atoms with Gasteiger partial charge in [0, 0.05) is 5.41 Å². The zero-order chi connectivity index (χ0) is 9.47. The summed E-state index contributed by atoms with van der Waals surface area (Å²) < 4.78 is 0. The van der Waals surface area contributed by atoms with E-state index in [1.54, 1.807) is 0 Å². The molecular weight excluding hydrogens is 164 g/mol. The Balaban J connectivity index is 2.17. The summed E-state index contributed by atoms with van der Waals surface area (Å²) in [5, 5.41) is 20.1. The quantitative estimate of drug-likeness (QED) is 0.601. The summed E-state index contributed by atoms with van der Waals surface area (Å²) in [6, 6.07) is 0. The lowest BCUT2D eigenvalue weighted by Gasteiger charge is -2.41. The van der Waals surface area contributed by atoms with Gasteiger partial charge in [-0.2, -0.15) is 0 Å². The first kappa shape index (κ1) is 9.47. The smallest absolute Gasteiger partial charge is 0.0646 e. The fraction of sp³-hybridized carbons (Fsp3) is 1.00. The molecule has 0 aromatic carbocycles. The highest BCUT2D eigenvalue weighted by Crippen LogP contribution is 2.51. The maximum Gasteiger partial charge on any atom is 0.0646 e. The standard InChI is InChI=1S/C11H20O2/c1-8-5-7-11(10(8)13)6-3-2-4-9(11)12/h8-10,12-13H,2-7H2,1H3/t8-,9-,10-,11+/m1/s1. The van der Waals surface area contributed by atoms with Crippen LogP contribution in [0.4, 0.5) is 0 Å². The lowest BCUT2D eigenvalue weighted by molar-refractivity contribution is -0.0858. The molecule has 2 fully saturated rings. The lowest BCUT2D eigenvalue weighted by Crippen LogP contribution is -2.45. The van der Waals surface area contributed by atoms with Crippen molar-refractivity contribution < 1.29 is 10.2 Å². The van der Waals surface area contributed by atoms with Crippen molar-refractivity contribution in [3.8, 4) is 0 Å². The molecule has 76 valence electrons. The molecule has 0 unspecified atom stereocenters. The molecule has 13 heavy (non-hydrogen) atoms. The molecule has 2 N–H and O–H groups in total. The molecule has 2 heteroatoms. The van der Waals surface area contributed by atoms with Crippen LogP contribution in [0.3, 0.4) is 0 Å². The Bertz CT molecular complexity index is 189. The largest absolute Gasteiger partial charge is 0.392 e. The van der Waals surface area contributed by atoms with Gasteiger partial charge >= 0.3 is 0 Å². The molecule has 1 spiro atoms. The molecule has 2 saturated carbocycles. The highest BCUT2D eigenvalue weighted by Gasteiger charge is 2.51. The Morgan fingerprint density at radius 3 is 2.38 bits per heavy atom. The SMILES string of the molecule is C[C@@H]1CC[C@]2(CCCC[C@H]2O)[C@@H]1O. The monoisotopic (exact) mass is 184 g/mol. The van der Waals surface area contributed by atoms with Crippen molar-refractivity contribution in [2.24, 2.45) is 11.3 Å². The van der Waals surface area contributed by atoms with Crippen LogP contribution in [-0.2, 0) is 0 Å². The number of aliphatic hydroxyl groups excluding tert-OH is 2. The molecule has 2 aliphatic carbocycles. The maximum absolute atomic E-state index is 10.1. The van der Waals surface area contributed by atoms with Crippen LogP contribution in [0.5, 0.6) is 0 Å². The van der Waals surface area contributed by atoms with E-state index < -0.39 is 0 Å². The molecule has 0 aromatic heterocycles. The fourth-order valence-electron chi connectivity index (χ4n) is 3.25. The second kappa shape index (κ2) is 3.25. The van der Waals surface area contributed by atoms with Gasteiger partial charge in [0.25, 0.3) is 0 Å². The Hall–Kier alpha value is -0.0800. The van der Waals surface area contributed by atoms with Gasteiger partial charge in [-0.15, -0.1) is 0 Å². The van der Waals surface area contributed by atoms with E-state index >= 15 is 0 Å². The van der Waals surface area contributed by atoms with Gasteiger partial charge in [0.05, 0.1) is 12.2 Å². The first-order chi connectivity index (χ1) is 6.17. The zero-order valence-corrected chi connectivity index (χ0v) is 8.37. The van der Waals surface area contributed by atoms with Crippen molar-refractivity contribution in [3.05, 3.63) is 0 Å². The number of hydrogen-bond acceptors (Lipinski definition) is 2. The normalized spacial score (nSPS) is 51.5. The maximum atomic E-state index is 10.1. The molecular formula is C11H20O2. The highest BCUT2D eigenvalue weighted by atomic mass is 16.3. The average Bonchev–Trinajstić information content (AvgIpc) is 2.40. The van der Waals surface area contributed by atoms with Crippen molar-refractivity contribution in [2.75, 3.05) is 0 Å². The molecule has 2 aliphatic rings. The summed E-state index contributed by atoms with van der Waals surface area (Å²) in [6.07, 6.45) is 5.83. The summed E-state index contributed by atoms with van der Waals surface area (Å²) in [5.74, 6) is 0.382. The van der Waals surface area contributed by atoms with Crippen LogP contribution < -0.4 is 0 Å². The lowest BCUT2D eigenvalue weighted by atomic mass is 9.68. The zero-order valence-electron chi connectivity index (χ0n) is 8.37. The van der Waals surface area contributed by atoms with Crippen LogP contribution in [0.15, 0.2) is 0 Å². The van der Waals surface area contributed by atoms with Crippen LogP contribution in [0.1, 0.15) is 45.4 Å². The number of hydrogen-bond donors (Lipinski definition) is 2. The topological polar surface area (TPSA) is 40.5 Å². The minimum Gasteiger partial charge on any atom is -0.392 e. The highest BCUT2D eigenvalue weighted by molar-refractivity contribution is 5.01. The second-order valence-corrected chi connectivity index (χ2v) is 4.96. The minimum absolute atomic E-state index is 0.127. The molecule has 0 aliphatic heterocycles. The van der Waals surface area contributed by atoms with Gasteiger partial charge in [-0.05, 0) is 31.6 Å². The molecule has 0 saturated heterocycles. The van der Waals surface area contributed by atoms with Crippen LogP contribution >= 0.6 is 0 Å². The van der Waals surface area contributed by atoms with Crippen molar-refractivity contribution in [3.63, 3.8) is 0 Å². The van der Waals surface area contributed by atoms with Crippen LogP contribution in [-0.4, -0.2) is 22.4 Å². The van der Waals surface area contributed by atoms with Crippen molar-refractivity contribution in [1.29, 1.82) is 0 Å². The van der Waals surface area contributed by atoms with Crippen molar-refractivity contribution in [2.45, 2.75) is 57.7 Å². The van der Waals surface area contributed by atoms with Crippen LogP contribution in [0.2, 0.25) is 0 Å². The van der Waals surface area contributed by atoms with E-state index in [2.05, 4.69) is 6.92 Å². The predicted octanol–water partition coefficient (Wildman–Crippen LogP) is 1.70. The Kier molecular flexibility index (Phi) is 2.37. The summed E-state index contributed by atoms with van der Waals surface area (Å²) in [6.45, 7) is 2.10. The van der Waals surface area contributed by atoms with Gasteiger partial charge in [0.15, 0.2) is 0 Å². The van der Waals surface area contributed by atoms with Crippen LogP contribution in [0.25, 0.3) is 0 Å². The summed E-state index contributed by atoms with van der Waals surface area (Å²) in [5.41, 5.74) is -0.127. The minimum atomic E-state index is -0.261. The van der Waals surface area contributed by atoms with E-state index in [-0.39, 0.29) is 17.6 Å². The first-order valence-electron chi connectivity index (χ1n) is 5.53. The third kappa shape index (κ3) is 1.31. The average molecular weight is 184 g/mol. The molecule has 0 bridgehead atoms. The van der Waals surface area contributed by atoms with Gasteiger partial charge in [-0.1, -0.05) is 19.8 Å². The number of aliphatic hydroxyl groups is 2. The molecule has 2 rings (SSSR count). The fourth-order valence-corrected chi connectivity index (χ4v) is 3.25. The third-order valence-corrected chi connectivity index (χ3v) is 4.23. The Morgan fingerprint density at radius 1 is 1.08 bits per heavy atom. The van der Waals surface area contributed by atoms with Crippen LogP contribution in [0, 0.1) is 11.3 Å². The van der Waals surface area contributed by atoms with Gasteiger partial charge in [0.1, 0.15) is 0 Å². The van der Waals surface area contributed by atoms with Gasteiger partial charge in [0.2, 0.25) is 0 Å². The first-order valence-corrected chi connectivity index (χ1v) is 5.53. The molecule has 0 aromatic rings. The van der Waals surface area contributed by atoms with E-state index in [1.165, 1.54) is 6.42 Å². The summed E-state index contributed by atoms with van der Waals surface area (Å²) in [7, 11) is 0. The van der Waals surface area contributed by atoms with E-state index in [4.69, 9.17) is 0 Å². The Labute approximate surface area is 80.0 Å². The van der Waals surface area contributed by atoms with E-state index in [1.807, 2.05) is 0 Å². The number of rotatable bonds is 0. The molecule has 2 nitrogen and oxygen atoms in total. The van der Waals surface area contributed by atoms with Gasteiger partial charge < -0.3 is 10.2 Å². The second-order valence-electron chi connectivity index (χ2n) is 4.96. The van der Waals surface area contributed by atoms with Crippen molar-refractivity contribution in [1.82, 2.24) is 0 Å². The van der Waals surface area contributed by atoms with Gasteiger partial charge in [-0.3, -0.25) is 0 Å². The Morgan fingerprint density at radius 2 is 1.85 bits per heavy atom. The summed E-state index contributed by atoms with van der Waals surface area (Å²) in [4.78, 5) is 0. The molecule has 4 atom stereocenters. The van der Waals surface area contributed by atoms with E-state index in [0.29, 0.717) is 5.92 Å².